The van der Waals surface area contributed by atoms with E-state index in [9.17, 15) is 0 Å². The van der Waals surface area contributed by atoms with Gasteiger partial charge >= 0.3 is 0 Å². The van der Waals surface area contributed by atoms with Crippen LogP contribution in [0.15, 0.2) is 55.3 Å². The number of pyridine rings is 1. The molecule has 0 saturated carbocycles. The minimum Gasteiger partial charge on any atom is -0.487 e. The van der Waals surface area contributed by atoms with Crippen LogP contribution >= 0.6 is 0 Å². The number of hydrogen-bond donors (Lipinski definition) is 0. The molecule has 0 aliphatic rings. The second-order valence-electron chi connectivity index (χ2n) is 3.11. The lowest BCUT2D eigenvalue weighted by Gasteiger charge is -2.05. The van der Waals surface area contributed by atoms with Crippen LogP contribution in [0.4, 0.5) is 0 Å². The minimum atomic E-state index is 0.486. The van der Waals surface area contributed by atoms with Gasteiger partial charge in [0.2, 0.25) is 0 Å². The van der Waals surface area contributed by atoms with Gasteiger partial charge in [-0.1, -0.05) is 31.4 Å². The zero-order valence-electron chi connectivity index (χ0n) is 8.94. The van der Waals surface area contributed by atoms with Crippen molar-refractivity contribution in [2.75, 3.05) is 6.61 Å². The van der Waals surface area contributed by atoms with Gasteiger partial charge in [0.05, 0.1) is 6.20 Å². The first-order valence-electron chi connectivity index (χ1n) is 4.75. The molecule has 0 aromatic carbocycles. The second-order valence-corrected chi connectivity index (χ2v) is 3.11. The molecule has 1 heterocycles. The maximum atomic E-state index is 5.52. The van der Waals surface area contributed by atoms with Gasteiger partial charge in [0.15, 0.2) is 0 Å². The summed E-state index contributed by atoms with van der Waals surface area (Å²) in [6.45, 7) is 9.74. The van der Waals surface area contributed by atoms with Crippen molar-refractivity contribution in [3.8, 4) is 5.75 Å². The van der Waals surface area contributed by atoms with Gasteiger partial charge in [0, 0.05) is 5.69 Å². The Morgan fingerprint density at radius 2 is 2.27 bits per heavy atom. The van der Waals surface area contributed by atoms with E-state index >= 15 is 0 Å². The van der Waals surface area contributed by atoms with Crippen LogP contribution in [0.1, 0.15) is 5.69 Å². The Hall–Kier alpha value is -1.83. The molecule has 0 amide bonds. The lowest BCUT2D eigenvalue weighted by molar-refractivity contribution is 0.354. The number of aromatic nitrogens is 1. The van der Waals surface area contributed by atoms with Crippen LogP contribution in [0.25, 0.3) is 0 Å². The van der Waals surface area contributed by atoms with Gasteiger partial charge in [-0.05, 0) is 24.6 Å². The maximum Gasteiger partial charge on any atom is 0.138 e. The van der Waals surface area contributed by atoms with Crippen molar-refractivity contribution in [3.63, 3.8) is 0 Å². The van der Waals surface area contributed by atoms with E-state index in [-0.39, 0.29) is 0 Å². The first-order valence-corrected chi connectivity index (χ1v) is 4.75. The van der Waals surface area contributed by atoms with Crippen LogP contribution in [0.5, 0.6) is 5.75 Å². The highest BCUT2D eigenvalue weighted by Gasteiger charge is 1.95. The van der Waals surface area contributed by atoms with Gasteiger partial charge in [0.1, 0.15) is 12.4 Å². The van der Waals surface area contributed by atoms with Crippen molar-refractivity contribution in [2.45, 2.75) is 6.92 Å². The zero-order valence-corrected chi connectivity index (χ0v) is 8.94. The summed E-state index contributed by atoms with van der Waals surface area (Å²) in [5.41, 5.74) is 1.97. The van der Waals surface area contributed by atoms with Gasteiger partial charge in [-0.15, -0.1) is 0 Å². The normalized spacial score (nSPS) is 10.9. The SMILES string of the molecule is C=C/C=C(\C=C)COc1ccc(C)nc1. The van der Waals surface area contributed by atoms with E-state index < -0.39 is 0 Å². The molecule has 2 nitrogen and oxygen atoms in total. The van der Waals surface area contributed by atoms with E-state index in [2.05, 4.69) is 18.1 Å². The third kappa shape index (κ3) is 3.81. The topological polar surface area (TPSA) is 22.1 Å². The first kappa shape index (κ1) is 11.2. The van der Waals surface area contributed by atoms with Crippen molar-refractivity contribution in [1.29, 1.82) is 0 Å². The Morgan fingerprint density at radius 3 is 2.80 bits per heavy atom. The van der Waals surface area contributed by atoms with Crippen molar-refractivity contribution >= 4 is 0 Å². The highest BCUT2D eigenvalue weighted by molar-refractivity contribution is 5.24. The summed E-state index contributed by atoms with van der Waals surface area (Å²) in [5, 5.41) is 0. The molecule has 0 radical (unpaired) electrons. The van der Waals surface area contributed by atoms with Crippen molar-refractivity contribution < 1.29 is 4.74 Å². The predicted molar refractivity (Wildman–Crippen MR) is 62.9 cm³/mol. The fourth-order valence-corrected chi connectivity index (χ4v) is 1.03. The summed E-state index contributed by atoms with van der Waals surface area (Å²) in [6, 6.07) is 3.82. The molecule has 0 aliphatic carbocycles. The second kappa shape index (κ2) is 5.81. The number of allylic oxidation sites excluding steroid dienone is 2. The Labute approximate surface area is 90.6 Å². The van der Waals surface area contributed by atoms with Crippen LogP contribution in [-0.4, -0.2) is 11.6 Å². The largest absolute Gasteiger partial charge is 0.487 e. The Morgan fingerprint density at radius 1 is 1.47 bits per heavy atom. The number of aryl methyl sites for hydroxylation is 1. The number of rotatable bonds is 5. The van der Waals surface area contributed by atoms with Crippen molar-refractivity contribution in [2.24, 2.45) is 0 Å². The highest BCUT2D eigenvalue weighted by atomic mass is 16.5. The van der Waals surface area contributed by atoms with Crippen LogP contribution < -0.4 is 4.74 Å². The monoisotopic (exact) mass is 201 g/mol. The van der Waals surface area contributed by atoms with Crippen LogP contribution in [0, 0.1) is 6.92 Å². The van der Waals surface area contributed by atoms with E-state index in [1.54, 1.807) is 18.3 Å². The van der Waals surface area contributed by atoms with E-state index in [1.807, 2.05) is 25.1 Å². The Balaban J connectivity index is 2.56. The number of nitrogens with zero attached hydrogens (tertiary/aromatic N) is 1. The molecule has 15 heavy (non-hydrogen) atoms. The summed E-state index contributed by atoms with van der Waals surface area (Å²) < 4.78 is 5.52. The Kier molecular flexibility index (Phi) is 4.35. The van der Waals surface area contributed by atoms with Crippen molar-refractivity contribution in [3.05, 3.63) is 61.0 Å². The molecule has 1 rings (SSSR count). The molecule has 0 N–H and O–H groups in total. The van der Waals surface area contributed by atoms with E-state index in [1.165, 1.54) is 0 Å². The van der Waals surface area contributed by atoms with E-state index in [0.717, 1.165) is 17.0 Å². The average molecular weight is 201 g/mol. The summed E-state index contributed by atoms with van der Waals surface area (Å²) in [4.78, 5) is 4.14. The maximum absolute atomic E-state index is 5.52. The molecule has 0 spiro atoms. The van der Waals surface area contributed by atoms with Crippen LogP contribution in [-0.2, 0) is 0 Å². The van der Waals surface area contributed by atoms with Crippen molar-refractivity contribution in [1.82, 2.24) is 4.98 Å². The summed E-state index contributed by atoms with van der Waals surface area (Å²) in [7, 11) is 0. The molecule has 78 valence electrons. The summed E-state index contributed by atoms with van der Waals surface area (Å²) in [5.74, 6) is 0.761. The lowest BCUT2D eigenvalue weighted by atomic mass is 10.2. The standard InChI is InChI=1S/C13H15NO/c1-4-6-12(5-2)10-15-13-8-7-11(3)14-9-13/h4-9H,1-2,10H2,3H3/b12-6+. The third-order valence-electron chi connectivity index (χ3n) is 1.88. The molecule has 1 aromatic heterocycles. The van der Waals surface area contributed by atoms with Gasteiger partial charge < -0.3 is 4.74 Å². The fourth-order valence-electron chi connectivity index (χ4n) is 1.03. The predicted octanol–water partition coefficient (Wildman–Crippen LogP) is 3.07. The number of ether oxygens (including phenoxy) is 1. The molecule has 0 fully saturated rings. The quantitative estimate of drug-likeness (QED) is 0.683. The van der Waals surface area contributed by atoms with Gasteiger partial charge in [0.25, 0.3) is 0 Å². The zero-order chi connectivity index (χ0) is 11.1. The van der Waals surface area contributed by atoms with Gasteiger partial charge in [-0.2, -0.15) is 0 Å². The van der Waals surface area contributed by atoms with E-state index in [4.69, 9.17) is 4.74 Å². The van der Waals surface area contributed by atoms with Gasteiger partial charge in [-0.25, -0.2) is 0 Å². The fraction of sp³-hybridized carbons (Fsp3) is 0.154. The molecule has 0 bridgehead atoms. The molecule has 2 heteroatoms. The molecule has 0 atom stereocenters. The summed E-state index contributed by atoms with van der Waals surface area (Å²) in [6.07, 6.45) is 7.05. The molecule has 1 aromatic rings. The third-order valence-corrected chi connectivity index (χ3v) is 1.88. The average Bonchev–Trinajstić information content (AvgIpc) is 2.26. The van der Waals surface area contributed by atoms with Crippen LogP contribution in [0.2, 0.25) is 0 Å². The molecule has 0 aliphatic heterocycles. The molecular formula is C13H15NO. The molecule has 0 unspecified atom stereocenters. The molecule has 0 saturated heterocycles. The lowest BCUT2D eigenvalue weighted by Crippen LogP contribution is -1.99. The van der Waals surface area contributed by atoms with Crippen LogP contribution in [0.3, 0.4) is 0 Å². The Bertz CT molecular complexity index is 363. The van der Waals surface area contributed by atoms with E-state index in [0.29, 0.717) is 6.61 Å². The highest BCUT2D eigenvalue weighted by Crippen LogP contribution is 2.10. The molecular weight excluding hydrogens is 186 g/mol. The smallest absolute Gasteiger partial charge is 0.138 e. The minimum absolute atomic E-state index is 0.486. The number of hydrogen-bond acceptors (Lipinski definition) is 2. The summed E-state index contributed by atoms with van der Waals surface area (Å²) >= 11 is 0. The van der Waals surface area contributed by atoms with Gasteiger partial charge in [-0.3, -0.25) is 4.98 Å². The first-order chi connectivity index (χ1) is 7.26.